The number of nitrogens with one attached hydrogen (secondary N) is 2. The second kappa shape index (κ2) is 2.28. The summed E-state index contributed by atoms with van der Waals surface area (Å²) in [6, 6.07) is -0.771. The number of hydrogen-bond acceptors (Lipinski definition) is 2. The van der Waals surface area contributed by atoms with Crippen LogP contribution in [0.25, 0.3) is 0 Å². The largest absolute Gasteiger partial charge is 0.343 e. The lowest BCUT2D eigenvalue weighted by molar-refractivity contribution is -0.135. The standard InChI is InChI=1S/C6H10N2O2/c1-3-5(9)8-4(2)6(10)7-3/h3-4H,1-2H3,(H,7,10)(H,8,9)/t3-,4-/m0/s1. The maximum absolute atomic E-state index is 10.8. The Balaban J connectivity index is 2.63. The average molecular weight is 142 g/mol. The zero-order valence-corrected chi connectivity index (χ0v) is 5.97. The van der Waals surface area contributed by atoms with E-state index in [1.165, 1.54) is 0 Å². The Morgan fingerprint density at radius 3 is 1.60 bits per heavy atom. The number of carbonyl (C=O) groups is 2. The second-order valence-electron chi connectivity index (χ2n) is 2.46. The van der Waals surface area contributed by atoms with Crippen molar-refractivity contribution in [2.75, 3.05) is 0 Å². The van der Waals surface area contributed by atoms with Gasteiger partial charge in [0.1, 0.15) is 12.1 Å². The summed E-state index contributed by atoms with van der Waals surface area (Å²) >= 11 is 0. The van der Waals surface area contributed by atoms with Crippen LogP contribution < -0.4 is 10.6 Å². The van der Waals surface area contributed by atoms with E-state index in [4.69, 9.17) is 0 Å². The highest BCUT2D eigenvalue weighted by Gasteiger charge is 2.26. The molecule has 0 radical (unpaired) electrons. The summed E-state index contributed by atoms with van der Waals surface area (Å²) in [4.78, 5) is 21.6. The zero-order valence-electron chi connectivity index (χ0n) is 5.97. The van der Waals surface area contributed by atoms with E-state index in [0.717, 1.165) is 0 Å². The Labute approximate surface area is 59.0 Å². The molecule has 1 aliphatic rings. The van der Waals surface area contributed by atoms with Crippen molar-refractivity contribution >= 4 is 11.8 Å². The number of hydrogen-bond donors (Lipinski definition) is 2. The van der Waals surface area contributed by atoms with Crippen LogP contribution in [-0.4, -0.2) is 23.9 Å². The summed E-state index contributed by atoms with van der Waals surface area (Å²) < 4.78 is 0. The third kappa shape index (κ3) is 1.10. The molecule has 2 amide bonds. The summed E-state index contributed by atoms with van der Waals surface area (Å²) in [5.41, 5.74) is 0. The maximum Gasteiger partial charge on any atom is 0.242 e. The molecule has 1 saturated heterocycles. The van der Waals surface area contributed by atoms with E-state index in [9.17, 15) is 9.59 Å². The Morgan fingerprint density at radius 1 is 1.00 bits per heavy atom. The minimum absolute atomic E-state index is 0.118. The van der Waals surface area contributed by atoms with Gasteiger partial charge in [-0.3, -0.25) is 9.59 Å². The fourth-order valence-corrected chi connectivity index (χ4v) is 0.808. The molecule has 0 aromatic carbocycles. The van der Waals surface area contributed by atoms with Crippen LogP contribution in [0.4, 0.5) is 0 Å². The minimum Gasteiger partial charge on any atom is -0.343 e. The third-order valence-electron chi connectivity index (χ3n) is 1.50. The van der Waals surface area contributed by atoms with Gasteiger partial charge in [0, 0.05) is 0 Å². The van der Waals surface area contributed by atoms with Gasteiger partial charge in [-0.1, -0.05) is 0 Å². The Bertz CT molecular complexity index is 159. The van der Waals surface area contributed by atoms with Crippen LogP contribution in [0.3, 0.4) is 0 Å². The van der Waals surface area contributed by atoms with Crippen molar-refractivity contribution in [3.63, 3.8) is 0 Å². The van der Waals surface area contributed by atoms with Gasteiger partial charge >= 0.3 is 0 Å². The fourth-order valence-electron chi connectivity index (χ4n) is 0.808. The first-order valence-corrected chi connectivity index (χ1v) is 3.22. The molecule has 0 aromatic rings. The van der Waals surface area contributed by atoms with Gasteiger partial charge in [-0.2, -0.15) is 0 Å². The lowest BCUT2D eigenvalue weighted by Gasteiger charge is -2.24. The van der Waals surface area contributed by atoms with Gasteiger partial charge in [-0.05, 0) is 13.8 Å². The van der Waals surface area contributed by atoms with Gasteiger partial charge in [0.15, 0.2) is 0 Å². The lowest BCUT2D eigenvalue weighted by Crippen LogP contribution is -2.59. The number of rotatable bonds is 0. The summed E-state index contributed by atoms with van der Waals surface area (Å²) in [6.45, 7) is 3.30. The van der Waals surface area contributed by atoms with E-state index in [1.54, 1.807) is 13.8 Å². The normalized spacial score (nSPS) is 33.0. The highest BCUT2D eigenvalue weighted by molar-refractivity contribution is 5.96. The van der Waals surface area contributed by atoms with E-state index in [0.29, 0.717) is 0 Å². The first-order valence-electron chi connectivity index (χ1n) is 3.22. The van der Waals surface area contributed by atoms with Crippen molar-refractivity contribution in [1.29, 1.82) is 0 Å². The van der Waals surface area contributed by atoms with Gasteiger partial charge in [-0.25, -0.2) is 0 Å². The molecule has 4 heteroatoms. The lowest BCUT2D eigenvalue weighted by atomic mass is 10.2. The molecule has 0 bridgehead atoms. The Kier molecular flexibility index (Phi) is 1.61. The summed E-state index contributed by atoms with van der Waals surface area (Å²) in [6.07, 6.45) is 0. The molecule has 1 heterocycles. The van der Waals surface area contributed by atoms with Crippen molar-refractivity contribution in [2.24, 2.45) is 0 Å². The third-order valence-corrected chi connectivity index (χ3v) is 1.50. The van der Waals surface area contributed by atoms with E-state index < -0.39 is 0 Å². The summed E-state index contributed by atoms with van der Waals surface area (Å²) in [7, 11) is 0. The van der Waals surface area contributed by atoms with Gasteiger partial charge in [0.2, 0.25) is 11.8 Å². The molecule has 2 atom stereocenters. The Morgan fingerprint density at radius 2 is 1.30 bits per heavy atom. The van der Waals surface area contributed by atoms with Crippen LogP contribution in [0, 0.1) is 0 Å². The van der Waals surface area contributed by atoms with Crippen LogP contribution in [0.2, 0.25) is 0 Å². The van der Waals surface area contributed by atoms with Gasteiger partial charge < -0.3 is 10.6 Å². The molecular formula is C6H10N2O2. The minimum atomic E-state index is -0.385. The number of amides is 2. The molecule has 0 aliphatic carbocycles. The van der Waals surface area contributed by atoms with Crippen LogP contribution in [-0.2, 0) is 9.59 Å². The summed E-state index contributed by atoms with van der Waals surface area (Å²) in [5.74, 6) is -0.237. The van der Waals surface area contributed by atoms with Crippen LogP contribution in [0.1, 0.15) is 13.8 Å². The van der Waals surface area contributed by atoms with Crippen molar-refractivity contribution in [2.45, 2.75) is 25.9 Å². The van der Waals surface area contributed by atoms with Crippen molar-refractivity contribution in [3.05, 3.63) is 0 Å². The highest BCUT2D eigenvalue weighted by Crippen LogP contribution is 1.94. The fraction of sp³-hybridized carbons (Fsp3) is 0.667. The topological polar surface area (TPSA) is 58.2 Å². The molecule has 2 N–H and O–H groups in total. The predicted octanol–water partition coefficient (Wildman–Crippen LogP) is -0.991. The van der Waals surface area contributed by atoms with Gasteiger partial charge in [-0.15, -0.1) is 0 Å². The van der Waals surface area contributed by atoms with Crippen LogP contribution in [0.15, 0.2) is 0 Å². The summed E-state index contributed by atoms with van der Waals surface area (Å²) in [5, 5.41) is 5.06. The van der Waals surface area contributed by atoms with Crippen LogP contribution in [0.5, 0.6) is 0 Å². The van der Waals surface area contributed by atoms with Gasteiger partial charge in [0.05, 0.1) is 0 Å². The molecule has 4 nitrogen and oxygen atoms in total. The molecule has 1 rings (SSSR count). The zero-order chi connectivity index (χ0) is 7.72. The van der Waals surface area contributed by atoms with Gasteiger partial charge in [0.25, 0.3) is 0 Å². The molecule has 10 heavy (non-hydrogen) atoms. The highest BCUT2D eigenvalue weighted by atomic mass is 16.2. The van der Waals surface area contributed by atoms with E-state index in [-0.39, 0.29) is 23.9 Å². The van der Waals surface area contributed by atoms with Crippen molar-refractivity contribution in [3.8, 4) is 0 Å². The molecular weight excluding hydrogens is 132 g/mol. The van der Waals surface area contributed by atoms with E-state index in [2.05, 4.69) is 10.6 Å². The van der Waals surface area contributed by atoms with Crippen molar-refractivity contribution in [1.82, 2.24) is 10.6 Å². The number of piperazine rings is 1. The first kappa shape index (κ1) is 7.05. The molecule has 0 unspecified atom stereocenters. The maximum atomic E-state index is 10.8. The molecule has 0 saturated carbocycles. The van der Waals surface area contributed by atoms with Crippen molar-refractivity contribution < 1.29 is 9.59 Å². The van der Waals surface area contributed by atoms with E-state index in [1.807, 2.05) is 0 Å². The monoisotopic (exact) mass is 142 g/mol. The SMILES string of the molecule is C[C@@H]1NC(=O)[C@H](C)NC1=O. The quantitative estimate of drug-likeness (QED) is 0.456. The smallest absolute Gasteiger partial charge is 0.242 e. The molecule has 1 aliphatic heterocycles. The first-order chi connectivity index (χ1) is 4.61. The molecule has 1 fully saturated rings. The molecule has 56 valence electrons. The predicted molar refractivity (Wildman–Crippen MR) is 35.2 cm³/mol. The second-order valence-corrected chi connectivity index (χ2v) is 2.46. The molecule has 0 aromatic heterocycles. The average Bonchev–Trinajstić information content (AvgIpc) is 1.84. The van der Waals surface area contributed by atoms with E-state index >= 15 is 0 Å². The Hall–Kier alpha value is -1.06. The molecule has 0 spiro atoms. The number of carbonyl (C=O) groups excluding carboxylic acids is 2. The van der Waals surface area contributed by atoms with Crippen LogP contribution >= 0.6 is 0 Å².